The quantitative estimate of drug-likeness (QED) is 0.500. The molecule has 2 aromatic carbocycles. The summed E-state index contributed by atoms with van der Waals surface area (Å²) in [5.41, 5.74) is 2.29. The summed E-state index contributed by atoms with van der Waals surface area (Å²) in [5.74, 6) is 0.381. The number of nitrogens with zero attached hydrogens (tertiary/aromatic N) is 2. The number of carbonyl (C=O) groups excluding carboxylic acids is 2. The number of aromatic nitrogens is 1. The zero-order valence-corrected chi connectivity index (χ0v) is 19.0. The molecule has 7 heteroatoms. The van der Waals surface area contributed by atoms with Crippen molar-refractivity contribution >= 4 is 11.8 Å². The van der Waals surface area contributed by atoms with Gasteiger partial charge in [-0.05, 0) is 61.7 Å². The number of aliphatic hydroxyl groups is 1. The summed E-state index contributed by atoms with van der Waals surface area (Å²) in [5, 5.41) is 10.2. The summed E-state index contributed by atoms with van der Waals surface area (Å²) < 4.78 is 13.0. The molecule has 1 N–H and O–H groups in total. The van der Waals surface area contributed by atoms with Gasteiger partial charge in [0, 0.05) is 18.9 Å². The molecule has 0 saturated carbocycles. The van der Waals surface area contributed by atoms with Crippen molar-refractivity contribution < 1.29 is 24.2 Å². The normalized spacial score (nSPS) is 14.8. The summed E-state index contributed by atoms with van der Waals surface area (Å²) in [7, 11) is 1.56. The van der Waals surface area contributed by atoms with Crippen molar-refractivity contribution in [2.75, 3.05) is 13.7 Å². The van der Waals surface area contributed by atoms with E-state index in [0.29, 0.717) is 41.3 Å². The first-order valence-corrected chi connectivity index (χ1v) is 11.0. The van der Waals surface area contributed by atoms with Crippen LogP contribution in [0.2, 0.25) is 0 Å². The van der Waals surface area contributed by atoms with Gasteiger partial charge >= 0.3 is 0 Å². The van der Waals surface area contributed by atoms with E-state index in [-0.39, 0.29) is 18.2 Å². The summed E-state index contributed by atoms with van der Waals surface area (Å²) in [6, 6.07) is 13.9. The van der Waals surface area contributed by atoms with Crippen molar-refractivity contribution in [1.29, 1.82) is 0 Å². The predicted octanol–water partition coefficient (Wildman–Crippen LogP) is 4.05. The van der Waals surface area contributed by atoms with Crippen LogP contribution in [0, 0.1) is 0 Å². The topological polar surface area (TPSA) is 81.0 Å². The van der Waals surface area contributed by atoms with Crippen LogP contribution in [0.1, 0.15) is 58.2 Å². The maximum atomic E-state index is 13.6. The molecule has 4 rings (SSSR count). The van der Waals surface area contributed by atoms with Gasteiger partial charge in [0.15, 0.2) is 11.5 Å². The molecule has 1 aromatic heterocycles. The Labute approximate surface area is 193 Å². The third-order valence-corrected chi connectivity index (χ3v) is 5.80. The molecule has 2 unspecified atom stereocenters. The van der Waals surface area contributed by atoms with E-state index in [1.54, 1.807) is 44.4 Å². The fourth-order valence-electron chi connectivity index (χ4n) is 4.34. The van der Waals surface area contributed by atoms with Crippen molar-refractivity contribution in [1.82, 2.24) is 9.47 Å². The van der Waals surface area contributed by atoms with Gasteiger partial charge in [0.25, 0.3) is 11.8 Å². The Kier molecular flexibility index (Phi) is 6.51. The Morgan fingerprint density at radius 2 is 1.76 bits per heavy atom. The van der Waals surface area contributed by atoms with Crippen LogP contribution in [0.5, 0.6) is 11.5 Å². The summed E-state index contributed by atoms with van der Waals surface area (Å²) in [6.45, 7) is 4.45. The number of hydrogen-bond acceptors (Lipinski definition) is 5. The lowest BCUT2D eigenvalue weighted by atomic mass is 9.98. The first-order chi connectivity index (χ1) is 15.9. The van der Waals surface area contributed by atoms with Gasteiger partial charge in [0.2, 0.25) is 0 Å². The summed E-state index contributed by atoms with van der Waals surface area (Å²) in [6.07, 6.45) is 3.31. The second-order valence-electron chi connectivity index (χ2n) is 8.12. The van der Waals surface area contributed by atoms with Crippen molar-refractivity contribution in [2.45, 2.75) is 39.0 Å². The van der Waals surface area contributed by atoms with Crippen LogP contribution in [0.25, 0.3) is 0 Å². The van der Waals surface area contributed by atoms with Gasteiger partial charge in [-0.2, -0.15) is 0 Å². The number of ether oxygens (including phenoxy) is 2. The molecule has 2 heterocycles. The molecule has 1 aliphatic rings. The van der Waals surface area contributed by atoms with Gasteiger partial charge in [-0.3, -0.25) is 14.5 Å². The van der Waals surface area contributed by atoms with E-state index in [9.17, 15) is 14.7 Å². The second kappa shape index (κ2) is 9.50. The predicted molar refractivity (Wildman–Crippen MR) is 124 cm³/mol. The average Bonchev–Trinajstić information content (AvgIpc) is 3.39. The standard InChI is InChI=1S/C26H28N2O5/c1-4-33-23-15-18(10-11-22(23)32-3)21(14-17(2)29)28-25(30)20-9-7-8-19(24(20)26(28)31)16-27-12-5-6-13-27/h5-13,15,17,21,29H,4,14,16H2,1-3H3. The number of methoxy groups -OCH3 is 1. The minimum Gasteiger partial charge on any atom is -0.493 e. The van der Waals surface area contributed by atoms with Crippen LogP contribution < -0.4 is 9.47 Å². The molecule has 1 aliphatic heterocycles. The lowest BCUT2D eigenvalue weighted by Gasteiger charge is -2.28. The maximum absolute atomic E-state index is 13.6. The van der Waals surface area contributed by atoms with E-state index in [0.717, 1.165) is 5.56 Å². The number of hydrogen-bond donors (Lipinski definition) is 1. The monoisotopic (exact) mass is 448 g/mol. The highest BCUT2D eigenvalue weighted by atomic mass is 16.5. The summed E-state index contributed by atoms with van der Waals surface area (Å²) >= 11 is 0. The van der Waals surface area contributed by atoms with E-state index >= 15 is 0 Å². The molecular formula is C26H28N2O5. The van der Waals surface area contributed by atoms with Crippen LogP contribution in [-0.2, 0) is 6.54 Å². The Morgan fingerprint density at radius 1 is 1.00 bits per heavy atom. The third-order valence-electron chi connectivity index (χ3n) is 5.80. The smallest absolute Gasteiger partial charge is 0.262 e. The molecule has 0 aliphatic carbocycles. The highest BCUT2D eigenvalue weighted by Crippen LogP contribution is 2.39. The number of rotatable bonds is 9. The van der Waals surface area contributed by atoms with Crippen molar-refractivity contribution in [3.05, 3.63) is 83.2 Å². The Morgan fingerprint density at radius 3 is 2.42 bits per heavy atom. The highest BCUT2D eigenvalue weighted by molar-refractivity contribution is 6.22. The zero-order valence-electron chi connectivity index (χ0n) is 19.0. The number of carbonyl (C=O) groups is 2. The molecule has 7 nitrogen and oxygen atoms in total. The van der Waals surface area contributed by atoms with Crippen molar-refractivity contribution in [3.63, 3.8) is 0 Å². The molecular weight excluding hydrogens is 420 g/mol. The van der Waals surface area contributed by atoms with Gasteiger partial charge in [-0.25, -0.2) is 0 Å². The van der Waals surface area contributed by atoms with Crippen LogP contribution in [0.4, 0.5) is 0 Å². The van der Waals surface area contributed by atoms with E-state index < -0.39 is 12.1 Å². The van der Waals surface area contributed by atoms with Crippen LogP contribution in [-0.4, -0.2) is 46.2 Å². The van der Waals surface area contributed by atoms with Crippen LogP contribution in [0.3, 0.4) is 0 Å². The molecule has 0 fully saturated rings. The number of benzene rings is 2. The first kappa shape index (κ1) is 22.6. The van der Waals surface area contributed by atoms with Crippen molar-refractivity contribution in [2.24, 2.45) is 0 Å². The second-order valence-corrected chi connectivity index (χ2v) is 8.12. The largest absolute Gasteiger partial charge is 0.493 e. The molecule has 0 saturated heterocycles. The molecule has 3 aromatic rings. The average molecular weight is 449 g/mol. The molecule has 172 valence electrons. The van der Waals surface area contributed by atoms with Gasteiger partial charge in [-0.1, -0.05) is 18.2 Å². The SMILES string of the molecule is CCOc1cc(C(CC(C)O)N2C(=O)c3cccc(Cn4cccc4)c3C2=O)ccc1OC. The van der Waals surface area contributed by atoms with Gasteiger partial charge in [-0.15, -0.1) is 0 Å². The summed E-state index contributed by atoms with van der Waals surface area (Å²) in [4.78, 5) is 28.4. The van der Waals surface area contributed by atoms with E-state index in [1.807, 2.05) is 42.1 Å². The Balaban J connectivity index is 1.75. The van der Waals surface area contributed by atoms with Gasteiger partial charge in [0.05, 0.1) is 37.0 Å². The third kappa shape index (κ3) is 4.36. The van der Waals surface area contributed by atoms with E-state index in [4.69, 9.17) is 9.47 Å². The minimum absolute atomic E-state index is 0.205. The molecule has 2 amide bonds. The number of fused-ring (bicyclic) bond motifs is 1. The minimum atomic E-state index is -0.726. The Bertz CT molecular complexity index is 1150. The molecule has 0 radical (unpaired) electrons. The van der Waals surface area contributed by atoms with Gasteiger partial charge < -0.3 is 19.1 Å². The fourth-order valence-corrected chi connectivity index (χ4v) is 4.34. The molecule has 2 atom stereocenters. The van der Waals surface area contributed by atoms with Crippen LogP contribution in [0.15, 0.2) is 60.9 Å². The Hall–Kier alpha value is -3.58. The molecule has 0 spiro atoms. The highest BCUT2D eigenvalue weighted by Gasteiger charge is 2.42. The first-order valence-electron chi connectivity index (χ1n) is 11.0. The number of amides is 2. The van der Waals surface area contributed by atoms with Crippen molar-refractivity contribution in [3.8, 4) is 11.5 Å². The fraction of sp³-hybridized carbons (Fsp3) is 0.308. The maximum Gasteiger partial charge on any atom is 0.262 e. The number of imide groups is 1. The van der Waals surface area contributed by atoms with E-state index in [2.05, 4.69) is 0 Å². The van der Waals surface area contributed by atoms with Gasteiger partial charge in [0.1, 0.15) is 0 Å². The zero-order chi connectivity index (χ0) is 23.5. The van der Waals surface area contributed by atoms with E-state index in [1.165, 1.54) is 4.90 Å². The lowest BCUT2D eigenvalue weighted by Crippen LogP contribution is -2.36. The van der Waals surface area contributed by atoms with Crippen LogP contribution >= 0.6 is 0 Å². The number of aliphatic hydroxyl groups excluding tert-OH is 1. The molecule has 33 heavy (non-hydrogen) atoms. The lowest BCUT2D eigenvalue weighted by molar-refractivity contribution is 0.0523. The molecule has 0 bridgehead atoms.